The van der Waals surface area contributed by atoms with Gasteiger partial charge in [0.25, 0.3) is 5.91 Å². The number of amides is 1. The Morgan fingerprint density at radius 3 is 2.43 bits per heavy atom. The van der Waals surface area contributed by atoms with Gasteiger partial charge in [-0.2, -0.15) is 0 Å². The topological polar surface area (TPSA) is 135 Å². The van der Waals surface area contributed by atoms with Gasteiger partial charge in [0, 0.05) is 12.6 Å². The minimum Gasteiger partial charge on any atom is -0.731 e. The smallest absolute Gasteiger partial charge is 0.287 e. The van der Waals surface area contributed by atoms with Crippen LogP contribution in [0.2, 0.25) is 0 Å². The van der Waals surface area contributed by atoms with Crippen LogP contribution in [0.15, 0.2) is 16.5 Å². The molecule has 4 rings (SSSR count). The van der Waals surface area contributed by atoms with Crippen molar-refractivity contribution in [1.82, 2.24) is 5.32 Å². The number of furan rings is 1. The number of fused-ring (bicyclic) bond motifs is 3. The predicted octanol–water partition coefficient (Wildman–Crippen LogP) is 1.10. The first kappa shape index (κ1) is 19.6. The minimum atomic E-state index is -0.833. The van der Waals surface area contributed by atoms with Crippen LogP contribution >= 0.6 is 0 Å². The lowest BCUT2D eigenvalue weighted by Crippen LogP contribution is -2.57. The quantitative estimate of drug-likeness (QED) is 0.709. The molecule has 0 aromatic carbocycles. The van der Waals surface area contributed by atoms with Crippen molar-refractivity contribution in [2.24, 2.45) is 0 Å². The summed E-state index contributed by atoms with van der Waals surface area (Å²) >= 11 is 0. The molecular weight excluding hydrogens is 376 g/mol. The second-order valence-corrected chi connectivity index (χ2v) is 7.83. The fraction of sp³-hybridized carbons (Fsp3) is 0.706. The predicted molar refractivity (Wildman–Crippen MR) is 91.2 cm³/mol. The number of nitrogens with zero attached hydrogens (tertiary/aromatic N) is 1. The number of anilines is 1. The lowest BCUT2D eigenvalue weighted by atomic mass is 9.99. The van der Waals surface area contributed by atoms with E-state index in [0.717, 1.165) is 0 Å². The summed E-state index contributed by atoms with van der Waals surface area (Å²) in [5.41, 5.74) is 0. The zero-order chi connectivity index (χ0) is 20.3. The van der Waals surface area contributed by atoms with Crippen LogP contribution in [-0.4, -0.2) is 59.9 Å². The van der Waals surface area contributed by atoms with E-state index in [-0.39, 0.29) is 12.3 Å². The van der Waals surface area contributed by atoms with E-state index in [1.165, 1.54) is 12.1 Å². The second kappa shape index (κ2) is 6.66. The van der Waals surface area contributed by atoms with Gasteiger partial charge >= 0.3 is 0 Å². The molecule has 1 aromatic heterocycles. The molecule has 11 nitrogen and oxygen atoms in total. The molecule has 11 heteroatoms. The minimum absolute atomic E-state index is 0.0860. The molecule has 1 amide bonds. The summed E-state index contributed by atoms with van der Waals surface area (Å²) in [6.07, 6.45) is -2.56. The maximum Gasteiger partial charge on any atom is 0.287 e. The first-order valence-corrected chi connectivity index (χ1v) is 8.96. The maximum atomic E-state index is 12.3. The van der Waals surface area contributed by atoms with Crippen molar-refractivity contribution in [2.75, 3.05) is 11.8 Å². The highest BCUT2D eigenvalue weighted by molar-refractivity contribution is 5.91. The molecule has 28 heavy (non-hydrogen) atoms. The summed E-state index contributed by atoms with van der Waals surface area (Å²) in [5, 5.41) is 21.8. The van der Waals surface area contributed by atoms with Gasteiger partial charge < -0.3 is 38.6 Å². The van der Waals surface area contributed by atoms with E-state index in [1.807, 2.05) is 0 Å². The largest absolute Gasteiger partial charge is 0.731 e. The lowest BCUT2D eigenvalue weighted by Gasteiger charge is -2.37. The third-order valence-electron chi connectivity index (χ3n) is 4.72. The normalized spacial score (nSPS) is 35.3. The van der Waals surface area contributed by atoms with Gasteiger partial charge in [0.15, 0.2) is 23.6 Å². The van der Waals surface area contributed by atoms with E-state index in [1.54, 1.807) is 27.7 Å². The van der Waals surface area contributed by atoms with E-state index < -0.39 is 59.3 Å². The standard InChI is InChI=1S/C17H23N2O9/c1-16(2)25-11-9(7-18-14(20)8-5-6-10(23-8)19(21)22)24-15-13(12(11)26-16)27-17(3,4)28-15/h5-6,9,11-13,15,21H,7H2,1-4H3,(H,18,20)/q-1. The van der Waals surface area contributed by atoms with E-state index in [4.69, 9.17) is 33.3 Å². The van der Waals surface area contributed by atoms with Crippen LogP contribution in [0.5, 0.6) is 0 Å². The maximum absolute atomic E-state index is 12.3. The third-order valence-corrected chi connectivity index (χ3v) is 4.72. The van der Waals surface area contributed by atoms with Crippen molar-refractivity contribution in [1.29, 1.82) is 0 Å². The van der Waals surface area contributed by atoms with Crippen molar-refractivity contribution in [3.05, 3.63) is 23.1 Å². The van der Waals surface area contributed by atoms with Gasteiger partial charge in [-0.25, -0.2) is 0 Å². The Hall–Kier alpha value is -1.73. The molecule has 0 saturated carbocycles. The van der Waals surface area contributed by atoms with E-state index in [0.29, 0.717) is 0 Å². The summed E-state index contributed by atoms with van der Waals surface area (Å²) in [4.78, 5) is 12.3. The molecule has 0 radical (unpaired) electrons. The van der Waals surface area contributed by atoms with Gasteiger partial charge in [-0.1, -0.05) is 0 Å². The molecule has 0 spiro atoms. The molecule has 5 unspecified atom stereocenters. The summed E-state index contributed by atoms with van der Waals surface area (Å²) in [7, 11) is 0. The van der Waals surface area contributed by atoms with E-state index in [2.05, 4.69) is 5.32 Å². The highest BCUT2D eigenvalue weighted by Gasteiger charge is 2.60. The number of carbonyl (C=O) groups excluding carboxylic acids is 1. The highest BCUT2D eigenvalue weighted by atomic mass is 16.9. The fourth-order valence-corrected chi connectivity index (χ4v) is 3.69. The zero-order valence-corrected chi connectivity index (χ0v) is 15.9. The molecule has 0 bridgehead atoms. The molecule has 5 atom stereocenters. The summed E-state index contributed by atoms with van der Waals surface area (Å²) in [6.45, 7) is 7.26. The van der Waals surface area contributed by atoms with E-state index in [9.17, 15) is 10.0 Å². The van der Waals surface area contributed by atoms with Gasteiger partial charge in [-0.15, -0.1) is 0 Å². The van der Waals surface area contributed by atoms with Crippen LogP contribution < -0.4 is 10.5 Å². The van der Waals surface area contributed by atoms with Crippen molar-refractivity contribution in [3.8, 4) is 0 Å². The summed E-state index contributed by atoms with van der Waals surface area (Å²) < 4.78 is 34.7. The van der Waals surface area contributed by atoms with Gasteiger partial charge in [-0.05, 0) is 33.8 Å². The number of ether oxygens (including phenoxy) is 5. The SMILES string of the molecule is CC1(C)OC2OC(CNC(=O)c3ccc(N([O-])O)o3)C3OC(C)(C)OC3C2O1. The van der Waals surface area contributed by atoms with Gasteiger partial charge in [-0.3, -0.25) is 15.2 Å². The summed E-state index contributed by atoms with van der Waals surface area (Å²) in [5.74, 6) is -2.75. The molecule has 1 aromatic rings. The monoisotopic (exact) mass is 399 g/mol. The highest BCUT2D eigenvalue weighted by Crippen LogP contribution is 2.43. The molecular formula is C17H23N2O9-. The Morgan fingerprint density at radius 1 is 1.11 bits per heavy atom. The Labute approximate surface area is 160 Å². The molecule has 3 aliphatic heterocycles. The van der Waals surface area contributed by atoms with E-state index >= 15 is 0 Å². The molecule has 2 N–H and O–H groups in total. The molecule has 3 aliphatic rings. The Kier molecular flexibility index (Phi) is 4.66. The molecule has 0 aliphatic carbocycles. The third kappa shape index (κ3) is 3.62. The van der Waals surface area contributed by atoms with Crippen LogP contribution in [0.3, 0.4) is 0 Å². The van der Waals surface area contributed by atoms with Crippen LogP contribution in [0.1, 0.15) is 38.2 Å². The Morgan fingerprint density at radius 2 is 1.75 bits per heavy atom. The fourth-order valence-electron chi connectivity index (χ4n) is 3.69. The van der Waals surface area contributed by atoms with Crippen LogP contribution in [0.25, 0.3) is 0 Å². The number of hydrogen-bond acceptors (Lipinski definition) is 10. The van der Waals surface area contributed by atoms with Gasteiger partial charge in [0.1, 0.15) is 24.4 Å². The molecule has 3 fully saturated rings. The molecule has 156 valence electrons. The van der Waals surface area contributed by atoms with Gasteiger partial charge in [0.05, 0.1) is 0 Å². The van der Waals surface area contributed by atoms with Crippen LogP contribution in [-0.2, 0) is 23.7 Å². The summed E-state index contributed by atoms with van der Waals surface area (Å²) in [6, 6.07) is 2.46. The van der Waals surface area contributed by atoms with Crippen LogP contribution in [0, 0.1) is 5.21 Å². The number of carbonyl (C=O) groups is 1. The average molecular weight is 399 g/mol. The number of rotatable bonds is 4. The molecule has 3 saturated heterocycles. The zero-order valence-electron chi connectivity index (χ0n) is 15.9. The van der Waals surface area contributed by atoms with Crippen molar-refractivity contribution in [3.63, 3.8) is 0 Å². The Bertz CT molecular complexity index is 747. The second-order valence-electron chi connectivity index (χ2n) is 7.83. The van der Waals surface area contributed by atoms with Crippen molar-refractivity contribution in [2.45, 2.75) is 70.0 Å². The van der Waals surface area contributed by atoms with Crippen molar-refractivity contribution >= 4 is 11.8 Å². The first-order valence-electron chi connectivity index (χ1n) is 8.96. The molecule has 4 heterocycles. The number of nitrogens with one attached hydrogen (secondary N) is 1. The first-order chi connectivity index (χ1) is 13.0. The average Bonchev–Trinajstić information content (AvgIpc) is 3.25. The Balaban J connectivity index is 1.45. The van der Waals surface area contributed by atoms with Gasteiger partial charge in [0.2, 0.25) is 5.88 Å². The lowest BCUT2D eigenvalue weighted by molar-refractivity contribution is -0.232. The number of hydrogen-bond donors (Lipinski definition) is 2. The van der Waals surface area contributed by atoms with Crippen LogP contribution in [0.4, 0.5) is 5.88 Å². The van der Waals surface area contributed by atoms with Crippen molar-refractivity contribution < 1.29 is 38.1 Å².